The van der Waals surface area contributed by atoms with Crippen molar-refractivity contribution in [2.75, 3.05) is 13.2 Å². The van der Waals surface area contributed by atoms with Crippen molar-refractivity contribution in [3.05, 3.63) is 34.4 Å². The van der Waals surface area contributed by atoms with E-state index in [0.29, 0.717) is 17.9 Å². The molecule has 1 aliphatic rings. The molecule has 1 heterocycles. The van der Waals surface area contributed by atoms with E-state index >= 15 is 0 Å². The molecule has 9 heteroatoms. The lowest BCUT2D eigenvalue weighted by Gasteiger charge is -2.11. The lowest BCUT2D eigenvalue weighted by molar-refractivity contribution is -0.165. The van der Waals surface area contributed by atoms with Crippen LogP contribution >= 0.6 is 0 Å². The molecular weight excluding hydrogens is 670 g/mol. The Bertz CT molecular complexity index is 1140. The first-order chi connectivity index (χ1) is 25.8. The van der Waals surface area contributed by atoms with Crippen molar-refractivity contribution in [2.45, 2.75) is 201 Å². The highest BCUT2D eigenvalue weighted by Gasteiger charge is 2.41. The Balaban J connectivity index is 1.77. The molecule has 300 valence electrons. The number of rotatable bonds is 33. The Morgan fingerprint density at radius 2 is 0.717 bits per heavy atom. The monoisotopic (exact) mass is 742 g/mol. The van der Waals surface area contributed by atoms with E-state index in [1.54, 1.807) is 0 Å². The maximum atomic E-state index is 13.2. The van der Waals surface area contributed by atoms with Crippen LogP contribution in [0.25, 0.3) is 0 Å². The molecule has 0 spiro atoms. The van der Waals surface area contributed by atoms with Gasteiger partial charge in [0.2, 0.25) is 0 Å². The predicted molar refractivity (Wildman–Crippen MR) is 210 cm³/mol. The Morgan fingerprint density at radius 1 is 0.453 bits per heavy atom. The average Bonchev–Trinajstić information content (AvgIpc) is 3.37. The van der Waals surface area contributed by atoms with Crippen molar-refractivity contribution in [2.24, 2.45) is 0 Å². The number of esters is 2. The molecule has 0 saturated heterocycles. The number of amides is 2. The highest BCUT2D eigenvalue weighted by molar-refractivity contribution is 6.22. The molecule has 0 unspecified atom stereocenters. The molecule has 0 bridgehead atoms. The van der Waals surface area contributed by atoms with Crippen LogP contribution in [0, 0.1) is 0 Å². The molecule has 0 radical (unpaired) electrons. The quantitative estimate of drug-likeness (QED) is 0.0397. The fourth-order valence-electron chi connectivity index (χ4n) is 6.89. The van der Waals surface area contributed by atoms with Crippen LogP contribution in [0.5, 0.6) is 0 Å². The van der Waals surface area contributed by atoms with Gasteiger partial charge < -0.3 is 14.3 Å². The van der Waals surface area contributed by atoms with E-state index in [4.69, 9.17) is 14.3 Å². The van der Waals surface area contributed by atoms with Crippen LogP contribution in [-0.2, 0) is 19.1 Å². The third-order valence-electron chi connectivity index (χ3n) is 10.1. The normalized spacial score (nSPS) is 12.3. The molecule has 2 rings (SSSR count). The minimum atomic E-state index is -0.886. The smallest absolute Gasteiger partial charge is 0.339 e. The number of carbonyl (C=O) groups is 5. The summed E-state index contributed by atoms with van der Waals surface area (Å²) in [4.78, 5) is 68.6. The lowest BCUT2D eigenvalue weighted by Crippen LogP contribution is -2.31. The van der Waals surface area contributed by atoms with Crippen molar-refractivity contribution in [1.82, 2.24) is 5.06 Å². The molecule has 0 fully saturated rings. The van der Waals surface area contributed by atoms with E-state index in [1.165, 1.54) is 141 Å². The summed E-state index contributed by atoms with van der Waals surface area (Å²) in [6.45, 7) is 5.92. The summed E-state index contributed by atoms with van der Waals surface area (Å²) in [5.41, 5.74) is -0.566. The number of hydroxylamine groups is 2. The maximum Gasteiger partial charge on any atom is 0.339 e. The number of hydrogen-bond acceptors (Lipinski definition) is 8. The summed E-state index contributed by atoms with van der Waals surface area (Å²) in [6.07, 6.45) is 34.0. The number of fused-ring (bicyclic) bond motifs is 1. The van der Waals surface area contributed by atoms with Crippen molar-refractivity contribution < 1.29 is 38.3 Å². The van der Waals surface area contributed by atoms with Crippen molar-refractivity contribution >= 4 is 29.7 Å². The van der Waals surface area contributed by atoms with Crippen LogP contribution in [0.4, 0.5) is 0 Å². The number of unbranched alkanes of at least 4 members (excludes halogenated alkanes) is 26. The molecule has 1 aliphatic heterocycles. The fourth-order valence-corrected chi connectivity index (χ4v) is 6.89. The molecule has 0 atom stereocenters. The fraction of sp³-hybridized carbons (Fsp3) is 0.750. The first-order valence-electron chi connectivity index (χ1n) is 21.4. The number of hydrogen-bond donors (Lipinski definition) is 0. The second-order valence-corrected chi connectivity index (χ2v) is 14.9. The Hall–Kier alpha value is -3.23. The number of imide groups is 1. The molecule has 0 saturated carbocycles. The summed E-state index contributed by atoms with van der Waals surface area (Å²) >= 11 is 0. The van der Waals surface area contributed by atoms with Gasteiger partial charge in [-0.25, -0.2) is 14.4 Å². The Kier molecular flexibility index (Phi) is 25.3. The van der Waals surface area contributed by atoms with E-state index in [0.717, 1.165) is 45.4 Å². The van der Waals surface area contributed by atoms with Gasteiger partial charge in [-0.05, 0) is 25.0 Å². The summed E-state index contributed by atoms with van der Waals surface area (Å²) in [5.74, 6) is -4.15. The maximum absolute atomic E-state index is 13.2. The number of carbonyl (C=O) groups excluding carboxylic acids is 5. The van der Waals surface area contributed by atoms with Crippen molar-refractivity contribution in [3.63, 3.8) is 0 Å². The van der Waals surface area contributed by atoms with Crippen LogP contribution < -0.4 is 0 Å². The minimum absolute atomic E-state index is 0.136. The van der Waals surface area contributed by atoms with Crippen molar-refractivity contribution in [1.29, 1.82) is 0 Å². The molecule has 53 heavy (non-hydrogen) atoms. The molecule has 0 aliphatic carbocycles. The zero-order valence-corrected chi connectivity index (χ0v) is 33.6. The van der Waals surface area contributed by atoms with Gasteiger partial charge in [-0.15, -0.1) is 0 Å². The largest absolute Gasteiger partial charge is 0.462 e. The van der Waals surface area contributed by atoms with E-state index in [1.807, 2.05) is 0 Å². The zero-order valence-electron chi connectivity index (χ0n) is 33.6. The predicted octanol–water partition coefficient (Wildman–Crippen LogP) is 12.0. The molecule has 0 N–H and O–H groups in total. The Morgan fingerprint density at radius 3 is 0.981 bits per heavy atom. The Labute approximate surface area is 320 Å². The van der Waals surface area contributed by atoms with Gasteiger partial charge in [-0.2, -0.15) is 0 Å². The zero-order chi connectivity index (χ0) is 38.5. The second-order valence-electron chi connectivity index (χ2n) is 14.9. The second kappa shape index (κ2) is 29.2. The molecule has 2 amide bonds. The lowest BCUT2D eigenvalue weighted by atomic mass is 9.99. The minimum Gasteiger partial charge on any atom is -0.462 e. The van der Waals surface area contributed by atoms with Crippen LogP contribution in [0.1, 0.15) is 242 Å². The first kappa shape index (κ1) is 45.9. The van der Waals surface area contributed by atoms with Gasteiger partial charge in [-0.1, -0.05) is 186 Å². The average molecular weight is 742 g/mol. The summed E-state index contributed by atoms with van der Waals surface area (Å²) in [5, 5.41) is 0.348. The van der Waals surface area contributed by atoms with Crippen LogP contribution in [0.2, 0.25) is 0 Å². The third-order valence-corrected chi connectivity index (χ3v) is 10.1. The van der Waals surface area contributed by atoms with Gasteiger partial charge in [0, 0.05) is 6.92 Å². The summed E-state index contributed by atoms with van der Waals surface area (Å²) in [6, 6.07) is 2.35. The first-order valence-corrected chi connectivity index (χ1v) is 21.4. The van der Waals surface area contributed by atoms with Gasteiger partial charge in [0.05, 0.1) is 35.5 Å². The highest BCUT2D eigenvalue weighted by Crippen LogP contribution is 2.28. The highest BCUT2D eigenvalue weighted by atomic mass is 16.7. The number of nitrogens with zero attached hydrogens (tertiary/aromatic N) is 1. The standard InChI is InChI=1S/C44H71NO8/c1-4-6-8-10-12-14-16-18-20-22-24-26-28-30-32-51-43(49)39-34-37-38(42(48)45(41(37)47)53-36(3)46)35-40(39)44(50)52-33-31-29-27-25-23-21-19-17-15-13-11-9-7-5-2/h34-35H,4-33H2,1-3H3. The van der Waals surface area contributed by atoms with Gasteiger partial charge in [0.15, 0.2) is 0 Å². The van der Waals surface area contributed by atoms with Gasteiger partial charge >= 0.3 is 17.9 Å². The van der Waals surface area contributed by atoms with E-state index < -0.39 is 29.7 Å². The van der Waals surface area contributed by atoms with Gasteiger partial charge in [-0.3, -0.25) is 9.59 Å². The van der Waals surface area contributed by atoms with E-state index in [9.17, 15) is 24.0 Å². The topological polar surface area (TPSA) is 116 Å². The molecule has 9 nitrogen and oxygen atoms in total. The van der Waals surface area contributed by atoms with Gasteiger partial charge in [0.25, 0.3) is 11.8 Å². The molecule has 1 aromatic rings. The van der Waals surface area contributed by atoms with E-state index in [2.05, 4.69) is 13.8 Å². The third kappa shape index (κ3) is 19.1. The number of ether oxygens (including phenoxy) is 2. The molecule has 1 aromatic carbocycles. The van der Waals surface area contributed by atoms with E-state index in [-0.39, 0.29) is 35.5 Å². The number of benzene rings is 1. The van der Waals surface area contributed by atoms with Crippen LogP contribution in [0.3, 0.4) is 0 Å². The molecule has 0 aromatic heterocycles. The van der Waals surface area contributed by atoms with Gasteiger partial charge in [0.1, 0.15) is 0 Å². The van der Waals surface area contributed by atoms with Crippen LogP contribution in [0.15, 0.2) is 12.1 Å². The molecular formula is C44H71NO8. The van der Waals surface area contributed by atoms with Crippen molar-refractivity contribution in [3.8, 4) is 0 Å². The summed E-state index contributed by atoms with van der Waals surface area (Å²) in [7, 11) is 0. The van der Waals surface area contributed by atoms with Crippen LogP contribution in [-0.4, -0.2) is 48.0 Å². The summed E-state index contributed by atoms with van der Waals surface area (Å²) < 4.78 is 11.1. The SMILES string of the molecule is CCCCCCCCCCCCCCCCOC(=O)c1cc2c(cc1C(=O)OCCCCCCCCCCCCCCCC)C(=O)N(OC(C)=O)C2=O.